The lowest BCUT2D eigenvalue weighted by atomic mass is 10.1. The summed E-state index contributed by atoms with van der Waals surface area (Å²) >= 11 is 3.09. The third kappa shape index (κ3) is 3.83. The van der Waals surface area contributed by atoms with Crippen LogP contribution < -0.4 is 0 Å². The van der Waals surface area contributed by atoms with Crippen molar-refractivity contribution in [2.24, 2.45) is 5.10 Å². The number of nitrogens with zero attached hydrogens (tertiary/aromatic N) is 5. The Kier molecular flexibility index (Phi) is 5.35. The summed E-state index contributed by atoms with van der Waals surface area (Å²) in [6.07, 6.45) is 8.34. The normalized spacial score (nSPS) is 12.0. The number of fused-ring (bicyclic) bond motifs is 1. The van der Waals surface area contributed by atoms with Gasteiger partial charge in [-0.2, -0.15) is 17.9 Å². The van der Waals surface area contributed by atoms with E-state index in [1.54, 1.807) is 23.0 Å². The fraction of sp³-hybridized carbons (Fsp3) is 0.0500. The summed E-state index contributed by atoms with van der Waals surface area (Å²) in [5.41, 5.74) is 3.16. The molecule has 0 aliphatic heterocycles. The van der Waals surface area contributed by atoms with Gasteiger partial charge in [-0.05, 0) is 52.3 Å². The number of imidazole rings is 1. The Bertz CT molecular complexity index is 1360. The Balaban J connectivity index is 1.66. The van der Waals surface area contributed by atoms with Crippen LogP contribution in [0.5, 0.6) is 0 Å². The molecule has 4 aromatic rings. The minimum absolute atomic E-state index is 0.0828. The summed E-state index contributed by atoms with van der Waals surface area (Å²) < 4.78 is 41.6. The lowest BCUT2D eigenvalue weighted by molar-refractivity contribution is 0.490. The molecule has 152 valence electrons. The van der Waals surface area contributed by atoms with Crippen LogP contribution in [0, 0.1) is 5.82 Å². The van der Waals surface area contributed by atoms with Gasteiger partial charge in [0.1, 0.15) is 16.4 Å². The Labute approximate surface area is 180 Å². The quantitative estimate of drug-likeness (QED) is 0.315. The van der Waals surface area contributed by atoms with Crippen molar-refractivity contribution in [1.82, 2.24) is 18.8 Å². The van der Waals surface area contributed by atoms with Crippen LogP contribution in [-0.4, -0.2) is 40.5 Å². The van der Waals surface area contributed by atoms with E-state index in [0.717, 1.165) is 27.7 Å². The summed E-state index contributed by atoms with van der Waals surface area (Å²) in [6, 6.07) is 10.9. The van der Waals surface area contributed by atoms with E-state index >= 15 is 0 Å². The topological polar surface area (TPSA) is 79.9 Å². The SMILES string of the molecule is CN(/N=C/c1cnc2ccc(-c3cccnc3)cn12)S(=O)(=O)c1ccc(F)cc1Br. The number of sulfonamides is 1. The second-order valence-electron chi connectivity index (χ2n) is 6.33. The predicted molar refractivity (Wildman–Crippen MR) is 115 cm³/mol. The van der Waals surface area contributed by atoms with Crippen LogP contribution in [0.25, 0.3) is 16.8 Å². The van der Waals surface area contributed by atoms with Crippen molar-refractivity contribution < 1.29 is 12.8 Å². The zero-order chi connectivity index (χ0) is 21.3. The predicted octanol–water partition coefficient (Wildman–Crippen LogP) is 3.95. The molecule has 4 rings (SSSR count). The molecule has 0 spiro atoms. The molecule has 0 aliphatic carbocycles. The van der Waals surface area contributed by atoms with Gasteiger partial charge in [-0.25, -0.2) is 9.37 Å². The van der Waals surface area contributed by atoms with E-state index in [1.807, 2.05) is 30.5 Å². The molecule has 0 saturated heterocycles. The molecule has 10 heteroatoms. The Morgan fingerprint density at radius 1 is 1.17 bits per heavy atom. The molecule has 0 saturated carbocycles. The zero-order valence-corrected chi connectivity index (χ0v) is 18.0. The third-order valence-corrected chi connectivity index (χ3v) is 7.02. The number of pyridine rings is 2. The summed E-state index contributed by atoms with van der Waals surface area (Å²) in [6.45, 7) is 0. The van der Waals surface area contributed by atoms with Gasteiger partial charge >= 0.3 is 0 Å². The highest BCUT2D eigenvalue weighted by atomic mass is 79.9. The lowest BCUT2D eigenvalue weighted by Crippen LogP contribution is -2.22. The molecule has 0 amide bonds. The first-order valence-corrected chi connectivity index (χ1v) is 10.9. The molecule has 30 heavy (non-hydrogen) atoms. The minimum atomic E-state index is -3.96. The minimum Gasteiger partial charge on any atom is -0.298 e. The van der Waals surface area contributed by atoms with Crippen molar-refractivity contribution in [1.29, 1.82) is 0 Å². The van der Waals surface area contributed by atoms with E-state index in [9.17, 15) is 12.8 Å². The Morgan fingerprint density at radius 3 is 2.73 bits per heavy atom. The van der Waals surface area contributed by atoms with Crippen molar-refractivity contribution in [2.75, 3.05) is 7.05 Å². The van der Waals surface area contributed by atoms with Crippen LogP contribution in [0.2, 0.25) is 0 Å². The van der Waals surface area contributed by atoms with Gasteiger partial charge in [-0.15, -0.1) is 0 Å². The van der Waals surface area contributed by atoms with Gasteiger partial charge < -0.3 is 0 Å². The van der Waals surface area contributed by atoms with Crippen LogP contribution in [0.15, 0.2) is 81.7 Å². The smallest absolute Gasteiger partial charge is 0.279 e. The van der Waals surface area contributed by atoms with Gasteiger partial charge in [0, 0.05) is 41.2 Å². The fourth-order valence-corrected chi connectivity index (χ4v) is 4.79. The second-order valence-corrected chi connectivity index (χ2v) is 9.10. The highest BCUT2D eigenvalue weighted by Gasteiger charge is 2.22. The van der Waals surface area contributed by atoms with Crippen molar-refractivity contribution in [3.05, 3.63) is 83.2 Å². The Morgan fingerprint density at radius 2 is 2.00 bits per heavy atom. The largest absolute Gasteiger partial charge is 0.298 e. The van der Waals surface area contributed by atoms with Crippen LogP contribution in [0.3, 0.4) is 0 Å². The number of halogens is 2. The molecule has 3 aromatic heterocycles. The van der Waals surface area contributed by atoms with Gasteiger partial charge in [-0.1, -0.05) is 6.07 Å². The van der Waals surface area contributed by atoms with E-state index in [4.69, 9.17) is 0 Å². The molecule has 0 aliphatic rings. The molecule has 0 unspecified atom stereocenters. The number of hydrogen-bond donors (Lipinski definition) is 0. The maximum atomic E-state index is 13.3. The number of rotatable bonds is 5. The fourth-order valence-electron chi connectivity index (χ4n) is 2.83. The van der Waals surface area contributed by atoms with E-state index in [2.05, 4.69) is 31.0 Å². The second kappa shape index (κ2) is 7.96. The first kappa shape index (κ1) is 20.2. The highest BCUT2D eigenvalue weighted by Crippen LogP contribution is 2.25. The molecule has 0 N–H and O–H groups in total. The molecular weight excluding hydrogens is 473 g/mol. The van der Waals surface area contributed by atoms with Crippen molar-refractivity contribution in [3.63, 3.8) is 0 Å². The molecule has 0 fully saturated rings. The van der Waals surface area contributed by atoms with E-state index in [0.29, 0.717) is 11.3 Å². The van der Waals surface area contributed by atoms with Gasteiger partial charge in [0.2, 0.25) is 0 Å². The molecule has 0 radical (unpaired) electrons. The lowest BCUT2D eigenvalue weighted by Gasteiger charge is -2.14. The third-order valence-electron chi connectivity index (χ3n) is 4.40. The zero-order valence-electron chi connectivity index (χ0n) is 15.6. The molecule has 0 bridgehead atoms. The average molecular weight is 488 g/mol. The molecule has 3 heterocycles. The van der Waals surface area contributed by atoms with Crippen molar-refractivity contribution in [3.8, 4) is 11.1 Å². The molecular formula is C20H15BrFN5O2S. The maximum absolute atomic E-state index is 13.3. The van der Waals surface area contributed by atoms with E-state index in [1.165, 1.54) is 19.3 Å². The van der Waals surface area contributed by atoms with Gasteiger partial charge in [0.25, 0.3) is 10.0 Å². The summed E-state index contributed by atoms with van der Waals surface area (Å²) in [4.78, 5) is 8.36. The monoisotopic (exact) mass is 487 g/mol. The first-order chi connectivity index (χ1) is 14.4. The van der Waals surface area contributed by atoms with Gasteiger partial charge in [-0.3, -0.25) is 9.38 Å². The molecule has 0 atom stereocenters. The first-order valence-electron chi connectivity index (χ1n) is 8.72. The number of hydrogen-bond acceptors (Lipinski definition) is 5. The van der Waals surface area contributed by atoms with Crippen LogP contribution >= 0.6 is 15.9 Å². The van der Waals surface area contributed by atoms with E-state index in [-0.39, 0.29) is 9.37 Å². The average Bonchev–Trinajstić information content (AvgIpc) is 3.14. The Hall–Kier alpha value is -3.11. The van der Waals surface area contributed by atoms with E-state index < -0.39 is 15.8 Å². The van der Waals surface area contributed by atoms with Crippen LogP contribution in [0.4, 0.5) is 4.39 Å². The van der Waals surface area contributed by atoms with Crippen molar-refractivity contribution >= 4 is 37.8 Å². The summed E-state index contributed by atoms with van der Waals surface area (Å²) in [5, 5.41) is 4.06. The highest BCUT2D eigenvalue weighted by molar-refractivity contribution is 9.10. The number of hydrazone groups is 1. The van der Waals surface area contributed by atoms with Crippen LogP contribution in [0.1, 0.15) is 5.69 Å². The number of aromatic nitrogens is 3. The molecule has 7 nitrogen and oxygen atoms in total. The number of benzene rings is 1. The maximum Gasteiger partial charge on any atom is 0.279 e. The van der Waals surface area contributed by atoms with Gasteiger partial charge in [0.05, 0.1) is 18.1 Å². The van der Waals surface area contributed by atoms with Crippen molar-refractivity contribution in [2.45, 2.75) is 4.90 Å². The summed E-state index contributed by atoms with van der Waals surface area (Å²) in [7, 11) is -2.65. The van der Waals surface area contributed by atoms with Gasteiger partial charge in [0.15, 0.2) is 0 Å². The molecule has 1 aromatic carbocycles. The summed E-state index contributed by atoms with van der Waals surface area (Å²) in [5.74, 6) is -0.540. The standard InChI is InChI=1S/C20H15BrFN5O2S/c1-26(30(28,29)19-6-5-16(22)9-18(19)21)25-12-17-11-24-20-7-4-15(13-27(17)20)14-3-2-8-23-10-14/h2-13H,1H3/b25-12+. The van der Waals surface area contributed by atoms with Crippen LogP contribution in [-0.2, 0) is 10.0 Å².